The van der Waals surface area contributed by atoms with Crippen molar-refractivity contribution in [3.63, 3.8) is 0 Å². The zero-order valence-corrected chi connectivity index (χ0v) is 10.4. The number of carbonyl (C=O) groups excluding carboxylic acids is 2. The van der Waals surface area contributed by atoms with E-state index in [0.29, 0.717) is 12.8 Å². The predicted molar refractivity (Wildman–Crippen MR) is 57.9 cm³/mol. The Morgan fingerprint density at radius 1 is 1.59 bits per heavy atom. The van der Waals surface area contributed by atoms with Crippen LogP contribution < -0.4 is 0 Å². The van der Waals surface area contributed by atoms with Crippen LogP contribution in [0.1, 0.15) is 26.7 Å². The zero-order valence-electron chi connectivity index (χ0n) is 10.4. The lowest BCUT2D eigenvalue weighted by atomic mass is 9.61. The molecule has 5 heteroatoms. The van der Waals surface area contributed by atoms with Crippen LogP contribution in [0, 0.1) is 17.3 Å². The highest BCUT2D eigenvalue weighted by molar-refractivity contribution is 5.85. The van der Waals surface area contributed by atoms with Gasteiger partial charge in [0.15, 0.2) is 0 Å². The summed E-state index contributed by atoms with van der Waals surface area (Å²) in [6.45, 7) is 3.97. The van der Waals surface area contributed by atoms with Gasteiger partial charge in [0.1, 0.15) is 5.78 Å². The number of Topliss-reactive ketones (excluding diaryl/α,β-unsaturated/α-hetero) is 1. The molecule has 1 saturated carbocycles. The van der Waals surface area contributed by atoms with Gasteiger partial charge in [-0.1, -0.05) is 13.8 Å². The van der Waals surface area contributed by atoms with Crippen LogP contribution in [0.5, 0.6) is 0 Å². The van der Waals surface area contributed by atoms with Gasteiger partial charge in [0, 0.05) is 23.7 Å². The van der Waals surface area contributed by atoms with E-state index in [-0.39, 0.29) is 23.7 Å². The minimum absolute atomic E-state index is 0.0697. The van der Waals surface area contributed by atoms with Crippen LogP contribution in [0.25, 0.3) is 0 Å². The first kappa shape index (κ1) is 12.5. The monoisotopic (exact) mass is 242 g/mol. The molecule has 0 amide bonds. The van der Waals surface area contributed by atoms with Crippen LogP contribution in [0.15, 0.2) is 0 Å². The van der Waals surface area contributed by atoms with E-state index in [9.17, 15) is 14.7 Å². The molecule has 0 unspecified atom stereocenters. The van der Waals surface area contributed by atoms with Gasteiger partial charge < -0.3 is 14.6 Å². The van der Waals surface area contributed by atoms with Gasteiger partial charge in [-0.2, -0.15) is 0 Å². The summed E-state index contributed by atoms with van der Waals surface area (Å²) in [6, 6.07) is 0. The first-order valence-corrected chi connectivity index (χ1v) is 5.82. The van der Waals surface area contributed by atoms with Crippen LogP contribution in [0.2, 0.25) is 0 Å². The number of hydrogen-bond donors (Lipinski definition) is 1. The van der Waals surface area contributed by atoms with Crippen molar-refractivity contribution in [2.45, 2.75) is 32.5 Å². The number of esters is 1. The molecule has 2 rings (SSSR count). The molecule has 17 heavy (non-hydrogen) atoms. The second-order valence-corrected chi connectivity index (χ2v) is 5.36. The topological polar surface area (TPSA) is 72.8 Å². The smallest absolute Gasteiger partial charge is 0.366 e. The molecule has 1 N–H and O–H groups in total. The summed E-state index contributed by atoms with van der Waals surface area (Å²) in [5.74, 6) is -3.63. The highest BCUT2D eigenvalue weighted by Gasteiger charge is 2.64. The van der Waals surface area contributed by atoms with Gasteiger partial charge in [0.2, 0.25) is 0 Å². The highest BCUT2D eigenvalue weighted by Crippen LogP contribution is 2.53. The molecule has 2 fully saturated rings. The third kappa shape index (κ3) is 1.60. The van der Waals surface area contributed by atoms with Crippen molar-refractivity contribution in [1.82, 2.24) is 0 Å². The van der Waals surface area contributed by atoms with Crippen LogP contribution >= 0.6 is 0 Å². The number of hydrogen-bond acceptors (Lipinski definition) is 5. The molecule has 1 aliphatic carbocycles. The summed E-state index contributed by atoms with van der Waals surface area (Å²) in [4.78, 5) is 23.4. The quantitative estimate of drug-likeness (QED) is 0.678. The predicted octanol–water partition coefficient (Wildman–Crippen LogP) is 0.500. The van der Waals surface area contributed by atoms with Crippen molar-refractivity contribution in [3.8, 4) is 0 Å². The highest BCUT2D eigenvalue weighted by atomic mass is 16.7. The Bertz CT molecular complexity index is 366. The van der Waals surface area contributed by atoms with Crippen LogP contribution in [0.4, 0.5) is 0 Å². The van der Waals surface area contributed by atoms with Gasteiger partial charge in [-0.25, -0.2) is 4.79 Å². The number of fused-ring (bicyclic) bond motifs is 1. The van der Waals surface area contributed by atoms with Crippen LogP contribution in [0.3, 0.4) is 0 Å². The van der Waals surface area contributed by atoms with Crippen molar-refractivity contribution in [2.75, 3.05) is 13.7 Å². The fraction of sp³-hybridized carbons (Fsp3) is 0.833. The Morgan fingerprint density at radius 2 is 2.24 bits per heavy atom. The van der Waals surface area contributed by atoms with Crippen molar-refractivity contribution in [1.29, 1.82) is 0 Å². The molecule has 4 atom stereocenters. The van der Waals surface area contributed by atoms with E-state index in [4.69, 9.17) is 4.74 Å². The third-order valence-corrected chi connectivity index (χ3v) is 4.22. The molecule has 0 bridgehead atoms. The normalized spacial score (nSPS) is 45.5. The summed E-state index contributed by atoms with van der Waals surface area (Å²) < 4.78 is 9.88. The summed E-state index contributed by atoms with van der Waals surface area (Å²) in [5, 5.41) is 10.4. The zero-order chi connectivity index (χ0) is 12.8. The second kappa shape index (κ2) is 3.78. The Labute approximate surface area is 100 Å². The molecule has 0 aromatic rings. The fourth-order valence-electron chi connectivity index (χ4n) is 3.25. The SMILES string of the molecule is COC(=O)[C@@]1(O)OC[C@]2(C)CCC(=O)[C@@H](C)[C@@H]21. The van der Waals surface area contributed by atoms with Crippen molar-refractivity contribution in [3.05, 3.63) is 0 Å². The largest absolute Gasteiger partial charge is 0.465 e. The first-order valence-electron chi connectivity index (χ1n) is 5.82. The summed E-state index contributed by atoms with van der Waals surface area (Å²) in [5.41, 5.74) is -0.337. The van der Waals surface area contributed by atoms with Crippen molar-refractivity contribution in [2.24, 2.45) is 17.3 Å². The first-order chi connectivity index (χ1) is 7.85. The maximum atomic E-state index is 11.8. The van der Waals surface area contributed by atoms with Gasteiger partial charge in [-0.05, 0) is 6.42 Å². The third-order valence-electron chi connectivity index (χ3n) is 4.22. The van der Waals surface area contributed by atoms with Gasteiger partial charge in [-0.15, -0.1) is 0 Å². The molecule has 0 aromatic carbocycles. The molecule has 0 aromatic heterocycles. The number of carbonyl (C=O) groups is 2. The van der Waals surface area contributed by atoms with Gasteiger partial charge in [0.25, 0.3) is 5.79 Å². The molecule has 1 heterocycles. The van der Waals surface area contributed by atoms with Gasteiger partial charge in [0.05, 0.1) is 13.7 Å². The summed E-state index contributed by atoms with van der Waals surface area (Å²) in [6.07, 6.45) is 1.12. The number of methoxy groups -OCH3 is 1. The molecule has 0 spiro atoms. The van der Waals surface area contributed by atoms with Crippen LogP contribution in [-0.2, 0) is 19.1 Å². The molecule has 1 aliphatic heterocycles. The van der Waals surface area contributed by atoms with E-state index < -0.39 is 17.7 Å². The Balaban J connectivity index is 2.40. The molecule has 96 valence electrons. The Hall–Kier alpha value is -0.940. The van der Waals surface area contributed by atoms with Gasteiger partial charge >= 0.3 is 5.97 Å². The molecular formula is C12H18O5. The van der Waals surface area contributed by atoms with Crippen molar-refractivity contribution >= 4 is 11.8 Å². The van der Waals surface area contributed by atoms with Crippen molar-refractivity contribution < 1.29 is 24.2 Å². The van der Waals surface area contributed by atoms with E-state index in [0.717, 1.165) is 0 Å². The van der Waals surface area contributed by atoms with E-state index in [1.807, 2.05) is 6.92 Å². The standard InChI is InChI=1S/C12H18O5/c1-7-8(13)4-5-11(2)6-17-12(15,9(7)11)10(14)16-3/h7,9,15H,4-6H2,1-3H3/t7-,9+,11+,12+/m1/s1. The lowest BCUT2D eigenvalue weighted by Crippen LogP contribution is -2.53. The lowest BCUT2D eigenvalue weighted by molar-refractivity contribution is -0.227. The van der Waals surface area contributed by atoms with Gasteiger partial charge in [-0.3, -0.25) is 4.79 Å². The van der Waals surface area contributed by atoms with E-state index in [1.165, 1.54) is 7.11 Å². The fourth-order valence-corrected chi connectivity index (χ4v) is 3.25. The number of rotatable bonds is 1. The number of ether oxygens (including phenoxy) is 2. The number of aliphatic hydroxyl groups is 1. The minimum atomic E-state index is -1.97. The molecule has 1 saturated heterocycles. The Kier molecular flexibility index (Phi) is 2.78. The Morgan fingerprint density at radius 3 is 2.82 bits per heavy atom. The summed E-state index contributed by atoms with van der Waals surface area (Å²) in [7, 11) is 1.20. The van der Waals surface area contributed by atoms with E-state index in [1.54, 1.807) is 6.92 Å². The lowest BCUT2D eigenvalue weighted by Gasteiger charge is -2.41. The molecular weight excluding hydrogens is 224 g/mol. The summed E-state index contributed by atoms with van der Waals surface area (Å²) >= 11 is 0. The minimum Gasteiger partial charge on any atom is -0.465 e. The second-order valence-electron chi connectivity index (χ2n) is 5.36. The maximum Gasteiger partial charge on any atom is 0.366 e. The molecule has 0 radical (unpaired) electrons. The molecule has 2 aliphatic rings. The van der Waals surface area contributed by atoms with E-state index in [2.05, 4.69) is 4.74 Å². The average molecular weight is 242 g/mol. The van der Waals surface area contributed by atoms with E-state index >= 15 is 0 Å². The van der Waals surface area contributed by atoms with Crippen LogP contribution in [-0.4, -0.2) is 36.4 Å². The average Bonchev–Trinajstić information content (AvgIpc) is 2.58. The molecule has 5 nitrogen and oxygen atoms in total. The number of ketones is 1. The maximum absolute atomic E-state index is 11.8.